The third-order valence-corrected chi connectivity index (χ3v) is 3.47. The summed E-state index contributed by atoms with van der Waals surface area (Å²) < 4.78 is 26.8. The Morgan fingerprint density at radius 2 is 2.15 bits per heavy atom. The number of hydrogen-bond acceptors (Lipinski definition) is 3. The molecule has 0 aromatic carbocycles. The molecule has 0 saturated heterocycles. The minimum atomic E-state index is -3.70. The van der Waals surface area contributed by atoms with Crippen LogP contribution >= 0.6 is 10.7 Å². The minimum Gasteiger partial charge on any atom is -0.448 e. The molecule has 0 spiro atoms. The van der Waals surface area contributed by atoms with Gasteiger partial charge < -0.3 is 4.42 Å². The van der Waals surface area contributed by atoms with E-state index in [1.165, 1.54) is 6.07 Å². The second-order valence-electron chi connectivity index (χ2n) is 3.41. The van der Waals surface area contributed by atoms with Crippen molar-refractivity contribution in [3.63, 3.8) is 0 Å². The first-order valence-corrected chi connectivity index (χ1v) is 6.34. The highest BCUT2D eigenvalue weighted by Crippen LogP contribution is 2.47. The first-order valence-electron chi connectivity index (χ1n) is 4.03. The Morgan fingerprint density at radius 3 is 2.54 bits per heavy atom. The maximum atomic E-state index is 10.8. The van der Waals surface area contributed by atoms with Crippen LogP contribution in [0, 0.1) is 5.92 Å². The van der Waals surface area contributed by atoms with Crippen LogP contribution in [-0.2, 0) is 9.05 Å². The number of hydrogen-bond donors (Lipinski definition) is 0. The van der Waals surface area contributed by atoms with E-state index in [2.05, 4.69) is 6.92 Å². The van der Waals surface area contributed by atoms with Gasteiger partial charge in [-0.15, -0.1) is 0 Å². The summed E-state index contributed by atoms with van der Waals surface area (Å²) in [6.45, 7) is 2.10. The smallest absolute Gasteiger partial charge is 0.294 e. The molecule has 1 aromatic heterocycles. The van der Waals surface area contributed by atoms with Gasteiger partial charge in [-0.05, 0) is 24.5 Å². The molecule has 1 aliphatic rings. The molecule has 72 valence electrons. The van der Waals surface area contributed by atoms with Crippen LogP contribution in [0.5, 0.6) is 0 Å². The van der Waals surface area contributed by atoms with Crippen LogP contribution in [0.4, 0.5) is 0 Å². The lowest BCUT2D eigenvalue weighted by atomic mass is 10.3. The van der Waals surface area contributed by atoms with Gasteiger partial charge >= 0.3 is 0 Å². The summed E-state index contributed by atoms with van der Waals surface area (Å²) in [5.41, 5.74) is 0. The van der Waals surface area contributed by atoms with Gasteiger partial charge in [0.25, 0.3) is 9.05 Å². The highest BCUT2D eigenvalue weighted by Gasteiger charge is 2.37. The van der Waals surface area contributed by atoms with Gasteiger partial charge in [-0.25, -0.2) is 8.42 Å². The van der Waals surface area contributed by atoms with Crippen molar-refractivity contribution in [2.24, 2.45) is 5.92 Å². The van der Waals surface area contributed by atoms with E-state index in [0.717, 1.165) is 12.2 Å². The third-order valence-electron chi connectivity index (χ3n) is 2.32. The lowest BCUT2D eigenvalue weighted by Crippen LogP contribution is -1.85. The van der Waals surface area contributed by atoms with Crippen LogP contribution in [-0.4, -0.2) is 8.42 Å². The lowest BCUT2D eigenvalue weighted by molar-refractivity contribution is 0.415. The van der Waals surface area contributed by atoms with Crippen molar-refractivity contribution in [2.75, 3.05) is 0 Å². The highest BCUT2D eigenvalue weighted by atomic mass is 35.7. The largest absolute Gasteiger partial charge is 0.448 e. The number of halogens is 1. The molecule has 1 saturated carbocycles. The zero-order valence-corrected chi connectivity index (χ0v) is 8.60. The Morgan fingerprint density at radius 1 is 1.54 bits per heavy atom. The van der Waals surface area contributed by atoms with E-state index < -0.39 is 9.05 Å². The molecular formula is C8H9ClO3S. The standard InChI is InChI=1S/C8H9ClO3S/c1-5-4-6(5)7-2-3-8(12-7)13(9,10)11/h2-3,5-6H,4H2,1H3. The van der Waals surface area contributed by atoms with Gasteiger partial charge in [0.1, 0.15) is 5.76 Å². The van der Waals surface area contributed by atoms with E-state index >= 15 is 0 Å². The van der Waals surface area contributed by atoms with E-state index in [9.17, 15) is 8.42 Å². The van der Waals surface area contributed by atoms with Crippen LogP contribution in [0.2, 0.25) is 0 Å². The van der Waals surface area contributed by atoms with E-state index in [1.807, 2.05) is 0 Å². The van der Waals surface area contributed by atoms with E-state index in [1.54, 1.807) is 6.07 Å². The molecule has 5 heteroatoms. The average molecular weight is 221 g/mol. The van der Waals surface area contributed by atoms with Crippen LogP contribution in [0.1, 0.15) is 25.0 Å². The molecule has 2 rings (SSSR count). The fraction of sp³-hybridized carbons (Fsp3) is 0.500. The fourth-order valence-electron chi connectivity index (χ4n) is 1.38. The predicted octanol–water partition coefficient (Wildman–Crippen LogP) is 2.33. The quantitative estimate of drug-likeness (QED) is 0.719. The average Bonchev–Trinajstić information content (AvgIpc) is 2.57. The summed E-state index contributed by atoms with van der Waals surface area (Å²) in [5.74, 6) is 1.70. The topological polar surface area (TPSA) is 47.3 Å². The van der Waals surface area contributed by atoms with E-state index in [4.69, 9.17) is 15.1 Å². The summed E-state index contributed by atoms with van der Waals surface area (Å²) in [5, 5.41) is -0.150. The van der Waals surface area contributed by atoms with Gasteiger partial charge in [-0.3, -0.25) is 0 Å². The molecular weight excluding hydrogens is 212 g/mol. The lowest BCUT2D eigenvalue weighted by Gasteiger charge is -1.90. The van der Waals surface area contributed by atoms with Gasteiger partial charge in [0, 0.05) is 16.6 Å². The van der Waals surface area contributed by atoms with Gasteiger partial charge in [-0.1, -0.05) is 6.92 Å². The normalized spacial score (nSPS) is 27.5. The summed E-state index contributed by atoms with van der Waals surface area (Å²) in [7, 11) is 1.41. The highest BCUT2D eigenvalue weighted by molar-refractivity contribution is 8.13. The maximum absolute atomic E-state index is 10.8. The molecule has 2 atom stereocenters. The Labute approximate surface area is 81.1 Å². The molecule has 3 nitrogen and oxygen atoms in total. The van der Waals surface area contributed by atoms with Crippen LogP contribution in [0.25, 0.3) is 0 Å². The monoisotopic (exact) mass is 220 g/mol. The van der Waals surface area contributed by atoms with Crippen molar-refractivity contribution in [3.05, 3.63) is 17.9 Å². The molecule has 1 aromatic rings. The number of furan rings is 1. The first kappa shape index (κ1) is 9.09. The summed E-state index contributed by atoms with van der Waals surface area (Å²) >= 11 is 0. The predicted molar refractivity (Wildman–Crippen MR) is 48.3 cm³/mol. The Hall–Kier alpha value is -0.480. The molecule has 0 aliphatic heterocycles. The molecule has 1 heterocycles. The summed E-state index contributed by atoms with van der Waals surface area (Å²) in [4.78, 5) is 0. The second-order valence-corrected chi connectivity index (χ2v) is 5.91. The number of rotatable bonds is 2. The molecule has 0 amide bonds. The van der Waals surface area contributed by atoms with Crippen LogP contribution in [0.3, 0.4) is 0 Å². The molecule has 1 aliphatic carbocycles. The Bertz CT molecular complexity index is 420. The first-order chi connectivity index (χ1) is 5.98. The molecule has 0 radical (unpaired) electrons. The molecule has 1 fully saturated rings. The van der Waals surface area contributed by atoms with E-state index in [-0.39, 0.29) is 5.09 Å². The minimum absolute atomic E-state index is 0.150. The van der Waals surface area contributed by atoms with Crippen molar-refractivity contribution in [1.82, 2.24) is 0 Å². The van der Waals surface area contributed by atoms with Crippen LogP contribution in [0.15, 0.2) is 21.6 Å². The zero-order valence-electron chi connectivity index (χ0n) is 7.03. The fourth-order valence-corrected chi connectivity index (χ4v) is 2.06. The van der Waals surface area contributed by atoms with Crippen molar-refractivity contribution >= 4 is 19.7 Å². The van der Waals surface area contributed by atoms with Crippen LogP contribution < -0.4 is 0 Å². The molecule has 13 heavy (non-hydrogen) atoms. The summed E-state index contributed by atoms with van der Waals surface area (Å²) in [6.07, 6.45) is 1.06. The third kappa shape index (κ3) is 1.74. The summed E-state index contributed by atoms with van der Waals surface area (Å²) in [6, 6.07) is 3.09. The van der Waals surface area contributed by atoms with Gasteiger partial charge in [0.05, 0.1) is 0 Å². The second kappa shape index (κ2) is 2.75. The van der Waals surface area contributed by atoms with Crippen molar-refractivity contribution in [1.29, 1.82) is 0 Å². The van der Waals surface area contributed by atoms with Crippen molar-refractivity contribution in [2.45, 2.75) is 24.4 Å². The Kier molecular flexibility index (Phi) is 1.92. The molecule has 2 unspecified atom stereocenters. The Balaban J connectivity index is 2.29. The maximum Gasteiger partial charge on any atom is 0.294 e. The van der Waals surface area contributed by atoms with Crippen molar-refractivity contribution < 1.29 is 12.8 Å². The van der Waals surface area contributed by atoms with Gasteiger partial charge in [0.15, 0.2) is 0 Å². The van der Waals surface area contributed by atoms with E-state index in [0.29, 0.717) is 11.8 Å². The molecule has 0 N–H and O–H groups in total. The molecule has 0 bridgehead atoms. The van der Waals surface area contributed by atoms with Gasteiger partial charge in [-0.2, -0.15) is 0 Å². The zero-order chi connectivity index (χ0) is 9.64. The SMILES string of the molecule is CC1CC1c1ccc(S(=O)(=O)Cl)o1. The van der Waals surface area contributed by atoms with Gasteiger partial charge in [0.2, 0.25) is 5.09 Å². The van der Waals surface area contributed by atoms with Crippen molar-refractivity contribution in [3.8, 4) is 0 Å².